The minimum atomic E-state index is 0.625. The first-order chi connectivity index (χ1) is 4.86. The van der Waals surface area contributed by atoms with E-state index < -0.39 is 0 Å². The molecule has 0 bridgehead atoms. The van der Waals surface area contributed by atoms with Gasteiger partial charge in [-0.1, -0.05) is 13.3 Å². The van der Waals surface area contributed by atoms with Gasteiger partial charge in [0.25, 0.3) is 0 Å². The van der Waals surface area contributed by atoms with Gasteiger partial charge < -0.3 is 0 Å². The van der Waals surface area contributed by atoms with Crippen molar-refractivity contribution in [3.05, 3.63) is 0 Å². The number of rotatable bonds is 3. The van der Waals surface area contributed by atoms with Gasteiger partial charge in [0, 0.05) is 13.1 Å². The molecule has 10 heavy (non-hydrogen) atoms. The summed E-state index contributed by atoms with van der Waals surface area (Å²) < 4.78 is 0. The molecule has 2 nitrogen and oxygen atoms in total. The topological polar surface area (TPSA) is 27.0 Å². The van der Waals surface area contributed by atoms with Gasteiger partial charge in [-0.2, -0.15) is 5.26 Å². The highest BCUT2D eigenvalue weighted by Gasteiger charge is 2.24. The molecule has 0 aliphatic carbocycles. The van der Waals surface area contributed by atoms with Crippen LogP contribution in [0.25, 0.3) is 0 Å². The molecule has 0 unspecified atom stereocenters. The molecule has 1 rings (SSSR count). The highest BCUT2D eigenvalue weighted by atomic mass is 15.2. The molecular formula is C8H14N2. The predicted octanol–water partition coefficient (Wildman–Crippen LogP) is 1.24. The summed E-state index contributed by atoms with van der Waals surface area (Å²) in [4.78, 5) is 2.19. The molecule has 56 valence electrons. The molecule has 1 aliphatic heterocycles. The smallest absolute Gasteiger partial charge is 0.0866 e. The Kier molecular flexibility index (Phi) is 2.70. The van der Waals surface area contributed by atoms with Crippen molar-refractivity contribution in [3.8, 4) is 6.07 Å². The molecule has 0 amide bonds. The lowest BCUT2D eigenvalue weighted by Crippen LogP contribution is -2.46. The third-order valence-corrected chi connectivity index (χ3v) is 2.02. The summed E-state index contributed by atoms with van der Waals surface area (Å²) in [6.45, 7) is 5.15. The molecule has 1 aliphatic rings. The highest BCUT2D eigenvalue weighted by molar-refractivity contribution is 4.86. The molecular weight excluding hydrogens is 124 g/mol. The third-order valence-electron chi connectivity index (χ3n) is 2.02. The molecule has 0 N–H and O–H groups in total. The van der Waals surface area contributed by atoms with Crippen LogP contribution in [0.3, 0.4) is 0 Å². The maximum absolute atomic E-state index is 8.33. The number of hydrogen-bond acceptors (Lipinski definition) is 2. The second-order valence-electron chi connectivity index (χ2n) is 3.01. The van der Waals surface area contributed by atoms with E-state index >= 15 is 0 Å². The standard InChI is InChI=1S/C8H14N2/c1-2-3-8-6-10(7-8)5-4-9/h8H,2-3,5-7H2,1H3. The minimum Gasteiger partial charge on any atom is -0.290 e. The molecule has 0 atom stereocenters. The average molecular weight is 138 g/mol. The quantitative estimate of drug-likeness (QED) is 0.549. The van der Waals surface area contributed by atoms with Crippen LogP contribution < -0.4 is 0 Å². The van der Waals surface area contributed by atoms with Gasteiger partial charge in [0.2, 0.25) is 0 Å². The molecule has 0 aromatic heterocycles. The first kappa shape index (κ1) is 7.56. The molecule has 2 heteroatoms. The van der Waals surface area contributed by atoms with Gasteiger partial charge in [-0.05, 0) is 12.3 Å². The Balaban J connectivity index is 2.02. The van der Waals surface area contributed by atoms with Gasteiger partial charge in [0.1, 0.15) is 0 Å². The zero-order valence-electron chi connectivity index (χ0n) is 6.51. The van der Waals surface area contributed by atoms with Crippen LogP contribution in [0.4, 0.5) is 0 Å². The van der Waals surface area contributed by atoms with E-state index in [1.54, 1.807) is 0 Å². The Morgan fingerprint density at radius 3 is 2.80 bits per heavy atom. The fourth-order valence-electron chi connectivity index (χ4n) is 1.50. The summed E-state index contributed by atoms with van der Waals surface area (Å²) in [6, 6.07) is 2.16. The van der Waals surface area contributed by atoms with Crippen LogP contribution in [0, 0.1) is 17.2 Å². The van der Waals surface area contributed by atoms with Crippen LogP contribution in [0.5, 0.6) is 0 Å². The SMILES string of the molecule is CCCC1CN(CC#N)C1. The Hall–Kier alpha value is -0.550. The molecule has 0 radical (unpaired) electrons. The van der Waals surface area contributed by atoms with Crippen molar-refractivity contribution in [1.82, 2.24) is 4.90 Å². The normalized spacial score (nSPS) is 20.0. The van der Waals surface area contributed by atoms with Crippen molar-refractivity contribution >= 4 is 0 Å². The average Bonchev–Trinajstić information content (AvgIpc) is 1.84. The zero-order valence-corrected chi connectivity index (χ0v) is 6.51. The van der Waals surface area contributed by atoms with E-state index in [2.05, 4.69) is 17.9 Å². The summed E-state index contributed by atoms with van der Waals surface area (Å²) in [5, 5.41) is 8.33. The Morgan fingerprint density at radius 1 is 1.60 bits per heavy atom. The van der Waals surface area contributed by atoms with E-state index in [0.29, 0.717) is 6.54 Å². The van der Waals surface area contributed by atoms with Gasteiger partial charge in [0.05, 0.1) is 12.6 Å². The lowest BCUT2D eigenvalue weighted by atomic mass is 9.95. The second-order valence-corrected chi connectivity index (χ2v) is 3.01. The van der Waals surface area contributed by atoms with Gasteiger partial charge in [0.15, 0.2) is 0 Å². The lowest BCUT2D eigenvalue weighted by molar-refractivity contribution is 0.110. The van der Waals surface area contributed by atoms with Gasteiger partial charge in [-0.15, -0.1) is 0 Å². The molecule has 1 saturated heterocycles. The molecule has 0 spiro atoms. The predicted molar refractivity (Wildman–Crippen MR) is 40.5 cm³/mol. The minimum absolute atomic E-state index is 0.625. The molecule has 0 aromatic carbocycles. The molecule has 0 aromatic rings. The van der Waals surface area contributed by atoms with Crippen LogP contribution >= 0.6 is 0 Å². The van der Waals surface area contributed by atoms with E-state index in [0.717, 1.165) is 19.0 Å². The second kappa shape index (κ2) is 3.58. The monoisotopic (exact) mass is 138 g/mol. The fourth-order valence-corrected chi connectivity index (χ4v) is 1.50. The van der Waals surface area contributed by atoms with Gasteiger partial charge in [-0.3, -0.25) is 4.90 Å². The van der Waals surface area contributed by atoms with Crippen LogP contribution in [0.1, 0.15) is 19.8 Å². The summed E-state index contributed by atoms with van der Waals surface area (Å²) in [6.07, 6.45) is 2.62. The largest absolute Gasteiger partial charge is 0.290 e. The van der Waals surface area contributed by atoms with Crippen LogP contribution in [-0.4, -0.2) is 24.5 Å². The first-order valence-corrected chi connectivity index (χ1v) is 3.96. The number of nitriles is 1. The van der Waals surface area contributed by atoms with Crippen LogP contribution in [0.15, 0.2) is 0 Å². The van der Waals surface area contributed by atoms with E-state index in [4.69, 9.17) is 5.26 Å². The Labute approximate surface area is 62.4 Å². The number of hydrogen-bond donors (Lipinski definition) is 0. The highest BCUT2D eigenvalue weighted by Crippen LogP contribution is 2.19. The van der Waals surface area contributed by atoms with Crippen molar-refractivity contribution in [2.45, 2.75) is 19.8 Å². The van der Waals surface area contributed by atoms with Crippen molar-refractivity contribution in [2.75, 3.05) is 19.6 Å². The van der Waals surface area contributed by atoms with Crippen molar-refractivity contribution < 1.29 is 0 Å². The summed E-state index contributed by atoms with van der Waals surface area (Å²) >= 11 is 0. The molecule has 1 heterocycles. The zero-order chi connectivity index (χ0) is 7.40. The van der Waals surface area contributed by atoms with Crippen LogP contribution in [0.2, 0.25) is 0 Å². The van der Waals surface area contributed by atoms with Gasteiger partial charge in [-0.25, -0.2) is 0 Å². The lowest BCUT2D eigenvalue weighted by Gasteiger charge is -2.37. The van der Waals surface area contributed by atoms with E-state index in [9.17, 15) is 0 Å². The van der Waals surface area contributed by atoms with E-state index in [1.807, 2.05) is 0 Å². The summed E-state index contributed by atoms with van der Waals surface area (Å²) in [5.41, 5.74) is 0. The van der Waals surface area contributed by atoms with E-state index in [-0.39, 0.29) is 0 Å². The van der Waals surface area contributed by atoms with Crippen molar-refractivity contribution in [1.29, 1.82) is 5.26 Å². The van der Waals surface area contributed by atoms with E-state index in [1.165, 1.54) is 12.8 Å². The maximum Gasteiger partial charge on any atom is 0.0866 e. The van der Waals surface area contributed by atoms with Crippen molar-refractivity contribution in [2.24, 2.45) is 5.92 Å². The summed E-state index contributed by atoms with van der Waals surface area (Å²) in [7, 11) is 0. The maximum atomic E-state index is 8.33. The number of nitrogens with zero attached hydrogens (tertiary/aromatic N) is 2. The number of likely N-dealkylation sites (tertiary alicyclic amines) is 1. The third kappa shape index (κ3) is 1.71. The fraction of sp³-hybridized carbons (Fsp3) is 0.875. The Bertz CT molecular complexity index is 131. The van der Waals surface area contributed by atoms with Crippen molar-refractivity contribution in [3.63, 3.8) is 0 Å². The Morgan fingerprint density at radius 2 is 2.30 bits per heavy atom. The summed E-state index contributed by atoms with van der Waals surface area (Å²) in [5.74, 6) is 0.887. The van der Waals surface area contributed by atoms with Gasteiger partial charge >= 0.3 is 0 Å². The molecule has 1 fully saturated rings. The molecule has 0 saturated carbocycles. The van der Waals surface area contributed by atoms with Crippen LogP contribution in [-0.2, 0) is 0 Å². The first-order valence-electron chi connectivity index (χ1n) is 3.96.